The molecule has 2 aromatic rings. The summed E-state index contributed by atoms with van der Waals surface area (Å²) in [7, 11) is 0. The molecular formula is C14H16N2OS. The van der Waals surface area contributed by atoms with Crippen LogP contribution in [0.25, 0.3) is 0 Å². The molecule has 0 aliphatic rings. The predicted octanol–water partition coefficient (Wildman–Crippen LogP) is 3.25. The summed E-state index contributed by atoms with van der Waals surface area (Å²) in [4.78, 5) is 18.0. The molecule has 0 fully saturated rings. The quantitative estimate of drug-likeness (QED) is 0.920. The molecule has 3 nitrogen and oxygen atoms in total. The molecule has 2 heterocycles. The second-order valence-corrected chi connectivity index (χ2v) is 5.58. The normalized spacial score (nSPS) is 12.2. The third kappa shape index (κ3) is 2.76. The van der Waals surface area contributed by atoms with Crippen LogP contribution < -0.4 is 5.32 Å². The molecular weight excluding hydrogens is 244 g/mol. The highest BCUT2D eigenvalue weighted by atomic mass is 32.1. The first-order valence-corrected chi connectivity index (χ1v) is 6.67. The van der Waals surface area contributed by atoms with Crippen molar-refractivity contribution in [3.8, 4) is 0 Å². The van der Waals surface area contributed by atoms with Gasteiger partial charge in [-0.25, -0.2) is 0 Å². The van der Waals surface area contributed by atoms with Gasteiger partial charge in [0.05, 0.1) is 10.9 Å². The number of carbonyl (C=O) groups excluding carboxylic acids is 1. The molecule has 1 unspecified atom stereocenters. The van der Waals surface area contributed by atoms with E-state index in [-0.39, 0.29) is 11.9 Å². The van der Waals surface area contributed by atoms with Gasteiger partial charge in [0.1, 0.15) is 0 Å². The number of hydrogen-bond donors (Lipinski definition) is 1. The van der Waals surface area contributed by atoms with Gasteiger partial charge in [0.15, 0.2) is 0 Å². The summed E-state index contributed by atoms with van der Waals surface area (Å²) in [5.74, 6) is -0.0134. The van der Waals surface area contributed by atoms with Gasteiger partial charge in [0, 0.05) is 17.3 Å². The van der Waals surface area contributed by atoms with Crippen LogP contribution in [0.15, 0.2) is 30.6 Å². The molecule has 0 saturated carbocycles. The van der Waals surface area contributed by atoms with Crippen LogP contribution in [-0.4, -0.2) is 10.9 Å². The number of pyridine rings is 1. The van der Waals surface area contributed by atoms with E-state index in [4.69, 9.17) is 0 Å². The summed E-state index contributed by atoms with van der Waals surface area (Å²) in [6.45, 7) is 6.03. The molecule has 2 rings (SSSR count). The van der Waals surface area contributed by atoms with Gasteiger partial charge in [-0.2, -0.15) is 0 Å². The Bertz CT molecular complexity index is 529. The second-order valence-electron chi connectivity index (χ2n) is 4.33. The number of nitrogens with zero attached hydrogens (tertiary/aromatic N) is 1. The van der Waals surface area contributed by atoms with Gasteiger partial charge in [0.2, 0.25) is 0 Å². The predicted molar refractivity (Wildman–Crippen MR) is 73.9 cm³/mol. The van der Waals surface area contributed by atoms with Crippen LogP contribution in [0.3, 0.4) is 0 Å². The molecule has 1 atom stereocenters. The van der Waals surface area contributed by atoms with E-state index in [1.165, 1.54) is 21.8 Å². The zero-order chi connectivity index (χ0) is 13.1. The average molecular weight is 260 g/mol. The van der Waals surface area contributed by atoms with Crippen LogP contribution >= 0.6 is 11.3 Å². The van der Waals surface area contributed by atoms with Crippen LogP contribution in [0, 0.1) is 13.8 Å². The van der Waals surface area contributed by atoms with Crippen molar-refractivity contribution in [1.29, 1.82) is 0 Å². The van der Waals surface area contributed by atoms with Crippen molar-refractivity contribution in [3.63, 3.8) is 0 Å². The average Bonchev–Trinajstić information content (AvgIpc) is 2.71. The maximum absolute atomic E-state index is 12.1. The molecule has 0 aromatic carbocycles. The highest BCUT2D eigenvalue weighted by Crippen LogP contribution is 2.21. The topological polar surface area (TPSA) is 42.0 Å². The number of thiophene rings is 1. The number of amides is 1. The van der Waals surface area contributed by atoms with Gasteiger partial charge < -0.3 is 5.32 Å². The second kappa shape index (κ2) is 5.31. The van der Waals surface area contributed by atoms with Crippen molar-refractivity contribution in [2.45, 2.75) is 26.8 Å². The number of hydrogen-bond acceptors (Lipinski definition) is 3. The van der Waals surface area contributed by atoms with Gasteiger partial charge in [0.25, 0.3) is 5.91 Å². The fraction of sp³-hybridized carbons (Fsp3) is 0.286. The van der Waals surface area contributed by atoms with Crippen molar-refractivity contribution in [2.75, 3.05) is 0 Å². The van der Waals surface area contributed by atoms with E-state index in [2.05, 4.69) is 10.3 Å². The van der Waals surface area contributed by atoms with Crippen molar-refractivity contribution in [2.24, 2.45) is 0 Å². The standard InChI is InChI=1S/C14H16N2OS/c1-9-8-13(18-11(9)3)14(17)16-10(2)12-4-6-15-7-5-12/h4-8,10H,1-3H3,(H,16,17). The fourth-order valence-electron chi connectivity index (χ4n) is 1.69. The van der Waals surface area contributed by atoms with Crippen LogP contribution in [0.1, 0.15) is 38.6 Å². The highest BCUT2D eigenvalue weighted by Gasteiger charge is 2.13. The maximum Gasteiger partial charge on any atom is 0.261 e. The molecule has 0 radical (unpaired) electrons. The van der Waals surface area contributed by atoms with Crippen molar-refractivity contribution in [3.05, 3.63) is 51.5 Å². The molecule has 2 aromatic heterocycles. The lowest BCUT2D eigenvalue weighted by Gasteiger charge is -2.13. The number of carbonyl (C=O) groups is 1. The molecule has 0 spiro atoms. The fourth-order valence-corrected chi connectivity index (χ4v) is 2.63. The van der Waals surface area contributed by atoms with Crippen LogP contribution in [-0.2, 0) is 0 Å². The lowest BCUT2D eigenvalue weighted by atomic mass is 10.1. The Labute approximate surface area is 111 Å². The van der Waals surface area contributed by atoms with Crippen LogP contribution in [0.4, 0.5) is 0 Å². The van der Waals surface area contributed by atoms with E-state index in [9.17, 15) is 4.79 Å². The Morgan fingerprint density at radius 1 is 1.33 bits per heavy atom. The molecule has 94 valence electrons. The molecule has 0 aliphatic carbocycles. The first-order valence-electron chi connectivity index (χ1n) is 5.85. The van der Waals surface area contributed by atoms with Gasteiger partial charge in [-0.3, -0.25) is 9.78 Å². The minimum absolute atomic E-state index is 0.0109. The zero-order valence-corrected chi connectivity index (χ0v) is 11.5. The third-order valence-corrected chi connectivity index (χ3v) is 4.09. The zero-order valence-electron chi connectivity index (χ0n) is 10.7. The Morgan fingerprint density at radius 2 is 2.00 bits per heavy atom. The molecule has 1 amide bonds. The summed E-state index contributed by atoms with van der Waals surface area (Å²) in [6, 6.07) is 5.75. The van der Waals surface area contributed by atoms with Crippen molar-refractivity contribution >= 4 is 17.2 Å². The van der Waals surface area contributed by atoms with Crippen LogP contribution in [0.5, 0.6) is 0 Å². The monoisotopic (exact) mass is 260 g/mol. The molecule has 0 aliphatic heterocycles. The maximum atomic E-state index is 12.1. The smallest absolute Gasteiger partial charge is 0.261 e. The number of aryl methyl sites for hydroxylation is 2. The minimum Gasteiger partial charge on any atom is -0.345 e. The molecule has 1 N–H and O–H groups in total. The van der Waals surface area contributed by atoms with E-state index < -0.39 is 0 Å². The summed E-state index contributed by atoms with van der Waals surface area (Å²) in [5.41, 5.74) is 2.23. The number of aromatic nitrogens is 1. The Kier molecular flexibility index (Phi) is 3.77. The minimum atomic E-state index is -0.0134. The summed E-state index contributed by atoms with van der Waals surface area (Å²) in [5, 5.41) is 3.00. The van der Waals surface area contributed by atoms with Crippen molar-refractivity contribution < 1.29 is 4.79 Å². The van der Waals surface area contributed by atoms with E-state index in [1.807, 2.05) is 39.0 Å². The van der Waals surface area contributed by atoms with E-state index in [0.29, 0.717) is 0 Å². The van der Waals surface area contributed by atoms with Crippen molar-refractivity contribution in [1.82, 2.24) is 10.3 Å². The Balaban J connectivity index is 2.08. The third-order valence-electron chi connectivity index (χ3n) is 2.94. The molecule has 0 saturated heterocycles. The van der Waals surface area contributed by atoms with Gasteiger partial charge in [-0.1, -0.05) is 0 Å². The number of nitrogens with one attached hydrogen (secondary N) is 1. The van der Waals surface area contributed by atoms with Gasteiger partial charge in [-0.15, -0.1) is 11.3 Å². The van der Waals surface area contributed by atoms with E-state index in [1.54, 1.807) is 12.4 Å². The summed E-state index contributed by atoms with van der Waals surface area (Å²) in [6.07, 6.45) is 3.47. The van der Waals surface area contributed by atoms with Gasteiger partial charge >= 0.3 is 0 Å². The first kappa shape index (κ1) is 12.8. The van der Waals surface area contributed by atoms with Crippen LogP contribution in [0.2, 0.25) is 0 Å². The Hall–Kier alpha value is -1.68. The van der Waals surface area contributed by atoms with E-state index in [0.717, 1.165) is 10.4 Å². The van der Waals surface area contributed by atoms with Gasteiger partial charge in [-0.05, 0) is 50.1 Å². The molecule has 0 bridgehead atoms. The Morgan fingerprint density at radius 3 is 2.56 bits per heavy atom. The SMILES string of the molecule is Cc1cc(C(=O)NC(C)c2ccncc2)sc1C. The first-order chi connectivity index (χ1) is 8.58. The molecule has 18 heavy (non-hydrogen) atoms. The molecule has 4 heteroatoms. The summed E-state index contributed by atoms with van der Waals surface area (Å²) >= 11 is 1.54. The number of rotatable bonds is 3. The lowest BCUT2D eigenvalue weighted by Crippen LogP contribution is -2.25. The lowest BCUT2D eigenvalue weighted by molar-refractivity contribution is 0.0944. The highest BCUT2D eigenvalue weighted by molar-refractivity contribution is 7.14. The largest absolute Gasteiger partial charge is 0.345 e. The van der Waals surface area contributed by atoms with E-state index >= 15 is 0 Å². The summed E-state index contributed by atoms with van der Waals surface area (Å²) < 4.78 is 0.